The van der Waals surface area contributed by atoms with Gasteiger partial charge in [-0.25, -0.2) is 0 Å². The van der Waals surface area contributed by atoms with Gasteiger partial charge in [-0.3, -0.25) is 4.79 Å². The fourth-order valence-electron chi connectivity index (χ4n) is 0.828. The van der Waals surface area contributed by atoms with Crippen molar-refractivity contribution in [1.29, 1.82) is 0 Å². The lowest BCUT2D eigenvalue weighted by Crippen LogP contribution is -2.50. The Morgan fingerprint density at radius 1 is 1.46 bits per heavy atom. The van der Waals surface area contributed by atoms with E-state index in [4.69, 9.17) is 5.73 Å². The van der Waals surface area contributed by atoms with Gasteiger partial charge in [-0.05, 0) is 18.8 Å². The van der Waals surface area contributed by atoms with Crippen LogP contribution in [-0.2, 0) is 4.79 Å². The molecule has 0 aromatic carbocycles. The third-order valence-corrected chi connectivity index (χ3v) is 2.22. The molecule has 78 valence electrons. The molecule has 3 heteroatoms. The maximum Gasteiger partial charge on any atom is 0.237 e. The number of carbonyl (C=O) groups is 1. The molecule has 0 saturated heterocycles. The van der Waals surface area contributed by atoms with Crippen LogP contribution < -0.4 is 11.1 Å². The van der Waals surface area contributed by atoms with E-state index < -0.39 is 6.04 Å². The van der Waals surface area contributed by atoms with E-state index in [1.807, 2.05) is 34.6 Å². The van der Waals surface area contributed by atoms with Crippen molar-refractivity contribution in [2.75, 3.05) is 0 Å². The van der Waals surface area contributed by atoms with Crippen LogP contribution in [0.5, 0.6) is 0 Å². The van der Waals surface area contributed by atoms with Gasteiger partial charge >= 0.3 is 0 Å². The quantitative estimate of drug-likeness (QED) is 0.697. The van der Waals surface area contributed by atoms with Gasteiger partial charge < -0.3 is 11.1 Å². The molecular weight excluding hydrogens is 164 g/mol. The van der Waals surface area contributed by atoms with Crippen LogP contribution in [0.25, 0.3) is 0 Å². The second kappa shape index (κ2) is 4.61. The lowest BCUT2D eigenvalue weighted by molar-refractivity contribution is -0.125. The summed E-state index contributed by atoms with van der Waals surface area (Å²) >= 11 is 0. The summed E-state index contributed by atoms with van der Waals surface area (Å²) < 4.78 is 0. The van der Waals surface area contributed by atoms with Crippen LogP contribution in [-0.4, -0.2) is 18.0 Å². The second-order valence-electron chi connectivity index (χ2n) is 4.66. The van der Waals surface area contributed by atoms with Gasteiger partial charge in [0.15, 0.2) is 0 Å². The Morgan fingerprint density at radius 2 is 1.92 bits per heavy atom. The van der Waals surface area contributed by atoms with Crippen molar-refractivity contribution in [2.24, 2.45) is 11.1 Å². The highest BCUT2D eigenvalue weighted by Gasteiger charge is 2.27. The highest BCUT2D eigenvalue weighted by molar-refractivity contribution is 5.82. The summed E-state index contributed by atoms with van der Waals surface area (Å²) in [5.41, 5.74) is 5.62. The second-order valence-corrected chi connectivity index (χ2v) is 4.66. The highest BCUT2D eigenvalue weighted by atomic mass is 16.2. The van der Waals surface area contributed by atoms with Crippen LogP contribution in [0, 0.1) is 5.41 Å². The minimum atomic E-state index is -0.429. The average Bonchev–Trinajstić information content (AvgIpc) is 2.01. The van der Waals surface area contributed by atoms with Crippen molar-refractivity contribution in [1.82, 2.24) is 5.32 Å². The fraction of sp³-hybridized carbons (Fsp3) is 0.900. The smallest absolute Gasteiger partial charge is 0.237 e. The fourth-order valence-corrected chi connectivity index (χ4v) is 0.828. The van der Waals surface area contributed by atoms with E-state index in [2.05, 4.69) is 5.32 Å². The first-order chi connectivity index (χ1) is 5.79. The lowest BCUT2D eigenvalue weighted by Gasteiger charge is -2.27. The molecule has 0 radical (unpaired) electrons. The normalized spacial score (nSPS) is 16.5. The molecule has 0 aromatic heterocycles. The Morgan fingerprint density at radius 3 is 2.23 bits per heavy atom. The molecule has 0 heterocycles. The van der Waals surface area contributed by atoms with Gasteiger partial charge in [0.2, 0.25) is 5.91 Å². The molecule has 0 aliphatic carbocycles. The van der Waals surface area contributed by atoms with Crippen molar-refractivity contribution in [3.05, 3.63) is 0 Å². The summed E-state index contributed by atoms with van der Waals surface area (Å²) in [7, 11) is 0. The molecule has 1 amide bonds. The standard InChI is InChI=1S/C10H22N2O/c1-6-7(2)12-9(13)8(11)10(3,4)5/h7-8H,6,11H2,1-5H3,(H,12,13)/t7?,8-/m0/s1. The van der Waals surface area contributed by atoms with Crippen molar-refractivity contribution in [3.8, 4) is 0 Å². The minimum absolute atomic E-state index is 0.0538. The summed E-state index contributed by atoms with van der Waals surface area (Å²) in [4.78, 5) is 11.5. The van der Waals surface area contributed by atoms with Crippen LogP contribution in [0.4, 0.5) is 0 Å². The third-order valence-electron chi connectivity index (χ3n) is 2.22. The SMILES string of the molecule is CCC(C)NC(=O)[C@H](N)C(C)(C)C. The van der Waals surface area contributed by atoms with E-state index >= 15 is 0 Å². The molecule has 1 unspecified atom stereocenters. The van der Waals surface area contributed by atoms with E-state index in [1.165, 1.54) is 0 Å². The predicted molar refractivity (Wildman–Crippen MR) is 55.3 cm³/mol. The molecular formula is C10H22N2O. The van der Waals surface area contributed by atoms with E-state index in [9.17, 15) is 4.79 Å². The van der Waals surface area contributed by atoms with Gasteiger partial charge in [-0.1, -0.05) is 27.7 Å². The number of carbonyl (C=O) groups excluding carboxylic acids is 1. The van der Waals surface area contributed by atoms with E-state index in [-0.39, 0.29) is 17.4 Å². The lowest BCUT2D eigenvalue weighted by atomic mass is 9.87. The first-order valence-electron chi connectivity index (χ1n) is 4.85. The zero-order chi connectivity index (χ0) is 10.6. The molecule has 0 spiro atoms. The first kappa shape index (κ1) is 12.4. The number of nitrogens with two attached hydrogens (primary N) is 1. The number of rotatable bonds is 3. The van der Waals surface area contributed by atoms with Crippen LogP contribution in [0.2, 0.25) is 0 Å². The Balaban J connectivity index is 4.12. The first-order valence-corrected chi connectivity index (χ1v) is 4.85. The number of hydrogen-bond donors (Lipinski definition) is 2. The topological polar surface area (TPSA) is 55.1 Å². The Bertz CT molecular complexity index is 172. The zero-order valence-electron chi connectivity index (χ0n) is 9.35. The van der Waals surface area contributed by atoms with Crippen molar-refractivity contribution in [3.63, 3.8) is 0 Å². The molecule has 0 fully saturated rings. The molecule has 0 aliphatic rings. The molecule has 0 saturated carbocycles. The summed E-state index contributed by atoms with van der Waals surface area (Å²) in [6, 6.07) is -0.220. The summed E-state index contributed by atoms with van der Waals surface area (Å²) in [6.07, 6.45) is 0.933. The number of amides is 1. The van der Waals surface area contributed by atoms with Gasteiger partial charge in [0, 0.05) is 6.04 Å². The van der Waals surface area contributed by atoms with Crippen LogP contribution in [0.15, 0.2) is 0 Å². The van der Waals surface area contributed by atoms with Gasteiger partial charge in [-0.2, -0.15) is 0 Å². The third kappa shape index (κ3) is 4.27. The Hall–Kier alpha value is -0.570. The molecule has 0 aromatic rings. The summed E-state index contributed by atoms with van der Waals surface area (Å²) in [5, 5.41) is 2.87. The molecule has 2 atom stereocenters. The van der Waals surface area contributed by atoms with Crippen LogP contribution in [0.3, 0.4) is 0 Å². The van der Waals surface area contributed by atoms with Crippen molar-refractivity contribution in [2.45, 2.75) is 53.1 Å². The van der Waals surface area contributed by atoms with Gasteiger partial charge in [0.1, 0.15) is 0 Å². The minimum Gasteiger partial charge on any atom is -0.352 e. The maximum absolute atomic E-state index is 11.5. The highest BCUT2D eigenvalue weighted by Crippen LogP contribution is 2.17. The average molecular weight is 186 g/mol. The maximum atomic E-state index is 11.5. The van der Waals surface area contributed by atoms with Crippen LogP contribution >= 0.6 is 0 Å². The van der Waals surface area contributed by atoms with Gasteiger partial charge in [0.05, 0.1) is 6.04 Å². The molecule has 0 rings (SSSR count). The summed E-state index contributed by atoms with van der Waals surface area (Å²) in [6.45, 7) is 9.91. The molecule has 0 aliphatic heterocycles. The molecule has 0 bridgehead atoms. The van der Waals surface area contributed by atoms with Crippen LogP contribution in [0.1, 0.15) is 41.0 Å². The van der Waals surface area contributed by atoms with E-state index in [1.54, 1.807) is 0 Å². The van der Waals surface area contributed by atoms with E-state index in [0.717, 1.165) is 6.42 Å². The summed E-state index contributed by atoms with van der Waals surface area (Å²) in [5.74, 6) is -0.0538. The van der Waals surface area contributed by atoms with Gasteiger partial charge in [-0.15, -0.1) is 0 Å². The zero-order valence-corrected chi connectivity index (χ0v) is 9.35. The Labute approximate surface area is 81.1 Å². The Kier molecular flexibility index (Phi) is 4.40. The van der Waals surface area contributed by atoms with Crippen molar-refractivity contribution < 1.29 is 4.79 Å². The molecule has 3 N–H and O–H groups in total. The number of nitrogens with one attached hydrogen (secondary N) is 1. The monoisotopic (exact) mass is 186 g/mol. The van der Waals surface area contributed by atoms with Gasteiger partial charge in [0.25, 0.3) is 0 Å². The number of hydrogen-bond acceptors (Lipinski definition) is 2. The van der Waals surface area contributed by atoms with Crippen molar-refractivity contribution >= 4 is 5.91 Å². The van der Waals surface area contributed by atoms with E-state index in [0.29, 0.717) is 0 Å². The molecule has 13 heavy (non-hydrogen) atoms. The molecule has 3 nitrogen and oxygen atoms in total. The largest absolute Gasteiger partial charge is 0.352 e. The predicted octanol–water partition coefficient (Wildman–Crippen LogP) is 1.27.